The Bertz CT molecular complexity index is 693. The number of aliphatic hydroxyl groups excluding tert-OH is 1. The van der Waals surface area contributed by atoms with Gasteiger partial charge in [-0.15, -0.1) is 11.3 Å². The van der Waals surface area contributed by atoms with Crippen molar-refractivity contribution < 1.29 is 9.90 Å². The second kappa shape index (κ2) is 6.64. The molecule has 112 valence electrons. The zero-order valence-corrected chi connectivity index (χ0v) is 12.7. The van der Waals surface area contributed by atoms with E-state index in [2.05, 4.69) is 10.3 Å². The van der Waals surface area contributed by atoms with Crippen LogP contribution >= 0.6 is 11.3 Å². The van der Waals surface area contributed by atoms with Crippen molar-refractivity contribution in [2.75, 3.05) is 6.54 Å². The van der Waals surface area contributed by atoms with Crippen LogP contribution in [0.5, 0.6) is 0 Å². The summed E-state index contributed by atoms with van der Waals surface area (Å²) in [4.78, 5) is 28.2. The molecule has 1 unspecified atom stereocenters. The van der Waals surface area contributed by atoms with Crippen molar-refractivity contribution in [1.82, 2.24) is 14.9 Å². The highest BCUT2D eigenvalue weighted by Gasteiger charge is 2.15. The zero-order valence-electron chi connectivity index (χ0n) is 11.9. The van der Waals surface area contributed by atoms with Crippen molar-refractivity contribution in [3.8, 4) is 0 Å². The van der Waals surface area contributed by atoms with E-state index in [9.17, 15) is 14.7 Å². The first-order valence-corrected chi connectivity index (χ1v) is 7.35. The zero-order chi connectivity index (χ0) is 15.4. The predicted octanol–water partition coefficient (Wildman–Crippen LogP) is 0.713. The number of rotatable bonds is 5. The number of amides is 1. The number of aryl methyl sites for hydroxylation is 2. The molecule has 0 saturated carbocycles. The van der Waals surface area contributed by atoms with Crippen LogP contribution < -0.4 is 10.9 Å². The first kappa shape index (κ1) is 15.4. The maximum atomic E-state index is 12.0. The Morgan fingerprint density at radius 2 is 2.24 bits per heavy atom. The van der Waals surface area contributed by atoms with Gasteiger partial charge >= 0.3 is 0 Å². The molecule has 0 aliphatic rings. The molecule has 6 nitrogen and oxygen atoms in total. The second-order valence-corrected chi connectivity index (χ2v) is 5.91. The number of carbonyl (C=O) groups is 1. The fourth-order valence-electron chi connectivity index (χ4n) is 1.94. The quantitative estimate of drug-likeness (QED) is 0.852. The maximum Gasteiger partial charge on any atom is 0.263 e. The molecule has 0 fully saturated rings. The normalized spacial score (nSPS) is 12.1. The van der Waals surface area contributed by atoms with Gasteiger partial charge in [0.05, 0.1) is 23.4 Å². The Morgan fingerprint density at radius 3 is 2.86 bits per heavy atom. The lowest BCUT2D eigenvalue weighted by atomic mass is 10.3. The van der Waals surface area contributed by atoms with Crippen molar-refractivity contribution in [2.45, 2.75) is 26.5 Å². The number of nitrogens with one attached hydrogen (secondary N) is 1. The van der Waals surface area contributed by atoms with Gasteiger partial charge in [0.2, 0.25) is 0 Å². The molecule has 0 spiro atoms. The third-order valence-electron chi connectivity index (χ3n) is 2.91. The molecule has 0 aromatic carbocycles. The van der Waals surface area contributed by atoms with Gasteiger partial charge in [0.1, 0.15) is 4.88 Å². The van der Waals surface area contributed by atoms with Crippen LogP contribution in [0.4, 0.5) is 0 Å². The average Bonchev–Trinajstić information content (AvgIpc) is 2.78. The lowest BCUT2D eigenvalue weighted by Crippen LogP contribution is -2.36. The van der Waals surface area contributed by atoms with E-state index in [1.165, 1.54) is 22.0 Å². The number of nitrogens with zero attached hydrogens (tertiary/aromatic N) is 2. The smallest absolute Gasteiger partial charge is 0.263 e. The molecule has 0 radical (unpaired) electrons. The predicted molar refractivity (Wildman–Crippen MR) is 80.6 cm³/mol. The van der Waals surface area contributed by atoms with Crippen LogP contribution in [0, 0.1) is 13.8 Å². The number of pyridine rings is 1. The molecule has 2 heterocycles. The van der Waals surface area contributed by atoms with Gasteiger partial charge < -0.3 is 15.0 Å². The summed E-state index contributed by atoms with van der Waals surface area (Å²) in [5.74, 6) is -0.252. The third-order valence-corrected chi connectivity index (χ3v) is 3.99. The molecule has 0 aliphatic carbocycles. The largest absolute Gasteiger partial charge is 0.389 e. The van der Waals surface area contributed by atoms with Crippen molar-refractivity contribution in [1.29, 1.82) is 0 Å². The van der Waals surface area contributed by atoms with Crippen molar-refractivity contribution in [3.05, 3.63) is 50.3 Å². The minimum Gasteiger partial charge on any atom is -0.389 e. The van der Waals surface area contributed by atoms with E-state index in [-0.39, 0.29) is 24.6 Å². The molecule has 2 aromatic heterocycles. The van der Waals surface area contributed by atoms with E-state index in [4.69, 9.17) is 0 Å². The molecular weight excluding hydrogens is 290 g/mol. The van der Waals surface area contributed by atoms with Crippen LogP contribution in [0.25, 0.3) is 0 Å². The number of hydrogen-bond acceptors (Lipinski definition) is 5. The maximum absolute atomic E-state index is 12.0. The van der Waals surface area contributed by atoms with E-state index in [0.717, 1.165) is 5.01 Å². The molecule has 2 N–H and O–H groups in total. The Labute approximate surface area is 126 Å². The van der Waals surface area contributed by atoms with Gasteiger partial charge in [-0.05, 0) is 19.9 Å². The topological polar surface area (TPSA) is 84.2 Å². The van der Waals surface area contributed by atoms with Crippen LogP contribution in [0.1, 0.15) is 20.4 Å². The molecule has 1 amide bonds. The van der Waals surface area contributed by atoms with Gasteiger partial charge in [-0.25, -0.2) is 4.98 Å². The molecule has 0 saturated heterocycles. The van der Waals surface area contributed by atoms with Crippen molar-refractivity contribution in [3.63, 3.8) is 0 Å². The molecule has 2 rings (SSSR count). The van der Waals surface area contributed by atoms with E-state index in [1.807, 2.05) is 6.92 Å². The summed E-state index contributed by atoms with van der Waals surface area (Å²) in [6.45, 7) is 3.83. The lowest BCUT2D eigenvalue weighted by Gasteiger charge is -2.13. The molecular formula is C14H17N3O3S. The second-order valence-electron chi connectivity index (χ2n) is 4.70. The first-order valence-electron chi connectivity index (χ1n) is 6.53. The fourth-order valence-corrected chi connectivity index (χ4v) is 2.77. The summed E-state index contributed by atoms with van der Waals surface area (Å²) in [6.07, 6.45) is 0.771. The summed E-state index contributed by atoms with van der Waals surface area (Å²) in [6, 6.07) is 4.78. The summed E-state index contributed by atoms with van der Waals surface area (Å²) in [5.41, 5.74) is 0.501. The van der Waals surface area contributed by atoms with Crippen LogP contribution in [0.3, 0.4) is 0 Å². The van der Waals surface area contributed by atoms with Crippen LogP contribution in [-0.4, -0.2) is 33.2 Å². The molecule has 21 heavy (non-hydrogen) atoms. The van der Waals surface area contributed by atoms with E-state index in [1.54, 1.807) is 25.3 Å². The minimum atomic E-state index is -0.830. The number of thiazole rings is 1. The molecule has 7 heteroatoms. The van der Waals surface area contributed by atoms with Crippen LogP contribution in [0.2, 0.25) is 0 Å². The monoisotopic (exact) mass is 307 g/mol. The fraction of sp³-hybridized carbons (Fsp3) is 0.357. The van der Waals surface area contributed by atoms with E-state index < -0.39 is 6.10 Å². The number of hydrogen-bond donors (Lipinski definition) is 2. The van der Waals surface area contributed by atoms with E-state index in [0.29, 0.717) is 10.6 Å². The van der Waals surface area contributed by atoms with Gasteiger partial charge in [-0.3, -0.25) is 9.59 Å². The number of aromatic nitrogens is 2. The summed E-state index contributed by atoms with van der Waals surface area (Å²) < 4.78 is 1.40. The van der Waals surface area contributed by atoms with Crippen LogP contribution in [0.15, 0.2) is 29.2 Å². The van der Waals surface area contributed by atoms with Crippen molar-refractivity contribution >= 4 is 17.2 Å². The first-order chi connectivity index (χ1) is 9.97. The highest BCUT2D eigenvalue weighted by atomic mass is 32.1. The number of carbonyl (C=O) groups excluding carboxylic acids is 1. The Morgan fingerprint density at radius 1 is 1.48 bits per heavy atom. The van der Waals surface area contributed by atoms with Crippen LogP contribution in [-0.2, 0) is 6.54 Å². The van der Waals surface area contributed by atoms with Crippen molar-refractivity contribution in [2.24, 2.45) is 0 Å². The lowest BCUT2D eigenvalue weighted by molar-refractivity contribution is 0.0906. The number of aliphatic hydroxyl groups is 1. The summed E-state index contributed by atoms with van der Waals surface area (Å²) in [5, 5.41) is 13.4. The van der Waals surface area contributed by atoms with Gasteiger partial charge in [0.25, 0.3) is 11.5 Å². The molecule has 2 aromatic rings. The van der Waals surface area contributed by atoms with Gasteiger partial charge in [-0.2, -0.15) is 0 Å². The summed E-state index contributed by atoms with van der Waals surface area (Å²) in [7, 11) is 0. The van der Waals surface area contributed by atoms with Gasteiger partial charge in [0, 0.05) is 18.8 Å². The Balaban J connectivity index is 1.91. The molecule has 0 bridgehead atoms. The highest BCUT2D eigenvalue weighted by Crippen LogP contribution is 2.16. The summed E-state index contributed by atoms with van der Waals surface area (Å²) >= 11 is 1.32. The van der Waals surface area contributed by atoms with Gasteiger partial charge in [-0.1, -0.05) is 6.07 Å². The Hall–Kier alpha value is -1.99. The average molecular weight is 307 g/mol. The minimum absolute atomic E-state index is 0.0799. The van der Waals surface area contributed by atoms with Gasteiger partial charge in [0.15, 0.2) is 0 Å². The molecule has 0 aliphatic heterocycles. The Kier molecular flexibility index (Phi) is 4.87. The van der Waals surface area contributed by atoms with E-state index >= 15 is 0 Å². The SMILES string of the molecule is Cc1nc(C)c(C(=O)NCC(O)Cn2ccccc2=O)s1. The highest BCUT2D eigenvalue weighted by molar-refractivity contribution is 7.13. The third kappa shape index (κ3) is 3.99. The standard InChI is InChI=1S/C14H17N3O3S/c1-9-13(21-10(2)16-9)14(20)15-7-11(18)8-17-6-4-3-5-12(17)19/h3-6,11,18H,7-8H2,1-2H3,(H,15,20). The molecule has 1 atom stereocenters.